The lowest BCUT2D eigenvalue weighted by Crippen LogP contribution is -1.98. The third-order valence-electron chi connectivity index (χ3n) is 2.51. The fourth-order valence-corrected chi connectivity index (χ4v) is 1.95. The molecule has 1 heterocycles. The van der Waals surface area contributed by atoms with E-state index in [0.29, 0.717) is 16.9 Å². The second-order valence-corrected chi connectivity index (χ2v) is 4.09. The van der Waals surface area contributed by atoms with E-state index in [2.05, 4.69) is 5.10 Å². The fraction of sp³-hybridized carbons (Fsp3) is 0.154. The van der Waals surface area contributed by atoms with Crippen molar-refractivity contribution in [3.8, 4) is 17.8 Å². The molecule has 1 aromatic carbocycles. The maximum atomic E-state index is 9.09. The Kier molecular flexibility index (Phi) is 3.82. The summed E-state index contributed by atoms with van der Waals surface area (Å²) in [5, 5.41) is 22.4. The molecular formula is C13H9ClN4O. The minimum absolute atomic E-state index is 0.202. The van der Waals surface area contributed by atoms with Gasteiger partial charge in [0.25, 0.3) is 0 Å². The molecule has 19 heavy (non-hydrogen) atoms. The van der Waals surface area contributed by atoms with Crippen molar-refractivity contribution in [1.29, 1.82) is 10.5 Å². The van der Waals surface area contributed by atoms with E-state index in [-0.39, 0.29) is 17.3 Å². The number of benzene rings is 1. The molecule has 0 aliphatic carbocycles. The summed E-state index contributed by atoms with van der Waals surface area (Å²) >= 11 is 6.13. The Morgan fingerprint density at radius 2 is 2.16 bits per heavy atom. The van der Waals surface area contributed by atoms with Gasteiger partial charge >= 0.3 is 0 Å². The van der Waals surface area contributed by atoms with E-state index in [9.17, 15) is 0 Å². The van der Waals surface area contributed by atoms with E-state index < -0.39 is 0 Å². The number of ether oxygens (including phenoxy) is 1. The van der Waals surface area contributed by atoms with Gasteiger partial charge in [-0.2, -0.15) is 15.6 Å². The smallest absolute Gasteiger partial charge is 0.151 e. The lowest BCUT2D eigenvalue weighted by molar-refractivity contribution is 0.181. The number of methoxy groups -OCH3 is 1. The van der Waals surface area contributed by atoms with Crippen LogP contribution in [0.25, 0.3) is 5.69 Å². The molecule has 0 atom stereocenters. The molecule has 0 amide bonds. The zero-order valence-corrected chi connectivity index (χ0v) is 10.8. The van der Waals surface area contributed by atoms with Crippen molar-refractivity contribution in [3.05, 3.63) is 46.2 Å². The molecule has 0 saturated heterocycles. The molecule has 0 aliphatic rings. The Morgan fingerprint density at radius 3 is 2.79 bits per heavy atom. The molecule has 0 radical (unpaired) electrons. The van der Waals surface area contributed by atoms with Crippen LogP contribution in [0.5, 0.6) is 0 Å². The maximum absolute atomic E-state index is 9.09. The molecule has 0 fully saturated rings. The molecular weight excluding hydrogens is 264 g/mol. The van der Waals surface area contributed by atoms with Gasteiger partial charge in [-0.25, -0.2) is 4.68 Å². The highest BCUT2D eigenvalue weighted by Gasteiger charge is 2.17. The van der Waals surface area contributed by atoms with Crippen LogP contribution in [0.2, 0.25) is 5.15 Å². The summed E-state index contributed by atoms with van der Waals surface area (Å²) in [5.41, 5.74) is 1.88. The van der Waals surface area contributed by atoms with Gasteiger partial charge in [-0.1, -0.05) is 17.7 Å². The highest BCUT2D eigenvalue weighted by atomic mass is 35.5. The maximum Gasteiger partial charge on any atom is 0.151 e. The van der Waals surface area contributed by atoms with Crippen LogP contribution in [0.4, 0.5) is 0 Å². The number of nitrogens with zero attached hydrogens (tertiary/aromatic N) is 4. The number of rotatable bonds is 3. The quantitative estimate of drug-likeness (QED) is 0.860. The number of nitriles is 2. The minimum atomic E-state index is 0.202. The van der Waals surface area contributed by atoms with Gasteiger partial charge in [0.05, 0.1) is 23.9 Å². The molecule has 2 aromatic rings. The van der Waals surface area contributed by atoms with Crippen LogP contribution >= 0.6 is 11.6 Å². The highest BCUT2D eigenvalue weighted by molar-refractivity contribution is 6.31. The van der Waals surface area contributed by atoms with Gasteiger partial charge in [-0.3, -0.25) is 0 Å². The third-order valence-corrected chi connectivity index (χ3v) is 2.86. The Hall–Kier alpha value is -2.34. The van der Waals surface area contributed by atoms with Gasteiger partial charge in [0, 0.05) is 7.11 Å². The van der Waals surface area contributed by atoms with Crippen molar-refractivity contribution in [1.82, 2.24) is 9.78 Å². The van der Waals surface area contributed by atoms with Crippen molar-refractivity contribution in [3.63, 3.8) is 0 Å². The Bertz CT molecular complexity index is 694. The molecule has 0 saturated carbocycles. The lowest BCUT2D eigenvalue weighted by Gasteiger charge is -2.02. The van der Waals surface area contributed by atoms with E-state index in [4.69, 9.17) is 26.9 Å². The molecule has 0 N–H and O–H groups in total. The minimum Gasteiger partial charge on any atom is -0.378 e. The van der Waals surface area contributed by atoms with Crippen molar-refractivity contribution < 1.29 is 4.74 Å². The summed E-state index contributed by atoms with van der Waals surface area (Å²) in [5.74, 6) is 0. The summed E-state index contributed by atoms with van der Waals surface area (Å²) in [6.07, 6.45) is 0. The van der Waals surface area contributed by atoms with Crippen molar-refractivity contribution in [2.45, 2.75) is 6.61 Å². The topological polar surface area (TPSA) is 74.6 Å². The first kappa shape index (κ1) is 13.1. The second-order valence-electron chi connectivity index (χ2n) is 3.73. The number of hydrogen-bond donors (Lipinski definition) is 0. The predicted molar refractivity (Wildman–Crippen MR) is 68.7 cm³/mol. The molecule has 5 nitrogen and oxygen atoms in total. The molecule has 2 rings (SSSR count). The standard InChI is InChI=1S/C13H9ClN4O/c1-19-8-12-11(7-16)13(14)18(17-12)10-4-2-3-9(5-10)6-15/h2-5H,8H2,1H3. The zero-order chi connectivity index (χ0) is 13.8. The SMILES string of the molecule is COCc1nn(-c2cccc(C#N)c2)c(Cl)c1C#N. The first-order valence-corrected chi connectivity index (χ1v) is 5.76. The average Bonchev–Trinajstić information content (AvgIpc) is 2.75. The van der Waals surface area contributed by atoms with E-state index in [0.717, 1.165) is 0 Å². The zero-order valence-electron chi connectivity index (χ0n) is 10.1. The normalized spacial score (nSPS) is 9.89. The van der Waals surface area contributed by atoms with E-state index in [1.165, 1.54) is 11.8 Å². The summed E-state index contributed by atoms with van der Waals surface area (Å²) in [6, 6.07) is 10.9. The van der Waals surface area contributed by atoms with Crippen molar-refractivity contribution in [2.75, 3.05) is 7.11 Å². The van der Waals surface area contributed by atoms with Crippen molar-refractivity contribution in [2.24, 2.45) is 0 Å². The predicted octanol–water partition coefficient (Wildman–Crippen LogP) is 2.42. The Balaban J connectivity index is 2.57. The van der Waals surface area contributed by atoms with Gasteiger partial charge in [0.1, 0.15) is 17.3 Å². The molecule has 0 unspecified atom stereocenters. The number of hydrogen-bond acceptors (Lipinski definition) is 4. The Morgan fingerprint density at radius 1 is 1.37 bits per heavy atom. The summed E-state index contributed by atoms with van der Waals surface area (Å²) in [6.45, 7) is 0.202. The Labute approximate surface area is 115 Å². The van der Waals surface area contributed by atoms with Crippen LogP contribution in [-0.4, -0.2) is 16.9 Å². The average molecular weight is 273 g/mol. The largest absolute Gasteiger partial charge is 0.378 e. The van der Waals surface area contributed by atoms with Gasteiger partial charge < -0.3 is 4.74 Å². The van der Waals surface area contributed by atoms with E-state index in [1.54, 1.807) is 24.3 Å². The number of aromatic nitrogens is 2. The van der Waals surface area contributed by atoms with Crippen LogP contribution in [0, 0.1) is 22.7 Å². The van der Waals surface area contributed by atoms with Crippen LogP contribution in [0.3, 0.4) is 0 Å². The van der Waals surface area contributed by atoms with Crippen LogP contribution < -0.4 is 0 Å². The lowest BCUT2D eigenvalue weighted by atomic mass is 10.2. The van der Waals surface area contributed by atoms with Crippen LogP contribution in [0.15, 0.2) is 24.3 Å². The van der Waals surface area contributed by atoms with Gasteiger partial charge in [-0.15, -0.1) is 0 Å². The second kappa shape index (κ2) is 5.53. The monoisotopic (exact) mass is 272 g/mol. The van der Waals surface area contributed by atoms with E-state index in [1.807, 2.05) is 12.1 Å². The molecule has 0 spiro atoms. The van der Waals surface area contributed by atoms with E-state index >= 15 is 0 Å². The van der Waals surface area contributed by atoms with Gasteiger partial charge in [0.15, 0.2) is 5.15 Å². The highest BCUT2D eigenvalue weighted by Crippen LogP contribution is 2.24. The third kappa shape index (κ3) is 2.43. The summed E-state index contributed by atoms with van der Waals surface area (Å²) in [7, 11) is 1.52. The molecule has 1 aromatic heterocycles. The number of halogens is 1. The fourth-order valence-electron chi connectivity index (χ4n) is 1.67. The van der Waals surface area contributed by atoms with Gasteiger partial charge in [-0.05, 0) is 18.2 Å². The van der Waals surface area contributed by atoms with Crippen LogP contribution in [0.1, 0.15) is 16.8 Å². The van der Waals surface area contributed by atoms with Crippen LogP contribution in [-0.2, 0) is 11.3 Å². The summed E-state index contributed by atoms with van der Waals surface area (Å²) in [4.78, 5) is 0. The summed E-state index contributed by atoms with van der Waals surface area (Å²) < 4.78 is 6.41. The van der Waals surface area contributed by atoms with Gasteiger partial charge in [0.2, 0.25) is 0 Å². The molecule has 0 bridgehead atoms. The molecule has 6 heteroatoms. The molecule has 94 valence electrons. The first-order valence-electron chi connectivity index (χ1n) is 5.38. The molecule has 0 aliphatic heterocycles. The first-order chi connectivity index (χ1) is 9.21. The van der Waals surface area contributed by atoms with Crippen molar-refractivity contribution >= 4 is 11.6 Å².